The Morgan fingerprint density at radius 1 is 0.886 bits per heavy atom. The first-order valence-corrected chi connectivity index (χ1v) is 11.7. The van der Waals surface area contributed by atoms with E-state index >= 15 is 0 Å². The van der Waals surface area contributed by atoms with Crippen LogP contribution < -0.4 is 5.32 Å². The molecule has 35 heavy (non-hydrogen) atoms. The van der Waals surface area contributed by atoms with Gasteiger partial charge in [-0.25, -0.2) is 4.79 Å². The minimum atomic E-state index is -1.02. The fraction of sp³-hybridized carbons (Fsp3) is 0.276. The molecule has 3 amide bonds. The molecule has 1 aliphatic heterocycles. The summed E-state index contributed by atoms with van der Waals surface area (Å²) in [6.45, 7) is 5.64. The number of carbonyl (C=O) groups excluding carboxylic acids is 3. The Kier molecular flexibility index (Phi) is 6.74. The molecule has 3 aromatic rings. The van der Waals surface area contributed by atoms with Gasteiger partial charge in [-0.05, 0) is 56.0 Å². The minimum absolute atomic E-state index is 0.0897. The highest BCUT2D eigenvalue weighted by molar-refractivity contribution is 6.09. The quantitative estimate of drug-likeness (QED) is 0.485. The van der Waals surface area contributed by atoms with Crippen molar-refractivity contribution in [2.75, 3.05) is 5.32 Å². The van der Waals surface area contributed by atoms with Crippen molar-refractivity contribution in [2.45, 2.75) is 51.2 Å². The van der Waals surface area contributed by atoms with Crippen molar-refractivity contribution in [1.82, 2.24) is 4.90 Å². The number of likely N-dealkylation sites (tertiary alicyclic amines) is 1. The van der Waals surface area contributed by atoms with Crippen molar-refractivity contribution in [2.24, 2.45) is 0 Å². The van der Waals surface area contributed by atoms with Gasteiger partial charge in [-0.1, -0.05) is 72.8 Å². The molecular weight excluding hydrogens is 440 g/mol. The van der Waals surface area contributed by atoms with Crippen LogP contribution in [0.25, 0.3) is 0 Å². The average Bonchev–Trinajstić information content (AvgIpc) is 3.04. The van der Waals surface area contributed by atoms with Crippen molar-refractivity contribution in [3.63, 3.8) is 0 Å². The van der Waals surface area contributed by atoms with Crippen LogP contribution in [0.3, 0.4) is 0 Å². The lowest BCUT2D eigenvalue weighted by atomic mass is 9.74. The monoisotopic (exact) mass is 470 g/mol. The number of amides is 3. The van der Waals surface area contributed by atoms with Crippen molar-refractivity contribution in [3.05, 3.63) is 102 Å². The van der Waals surface area contributed by atoms with Gasteiger partial charge in [0, 0.05) is 12.1 Å². The van der Waals surface area contributed by atoms with Gasteiger partial charge in [-0.2, -0.15) is 0 Å². The van der Waals surface area contributed by atoms with Crippen molar-refractivity contribution in [1.29, 1.82) is 0 Å². The number of hydrogen-bond acceptors (Lipinski definition) is 4. The lowest BCUT2D eigenvalue weighted by molar-refractivity contribution is -0.140. The zero-order valence-corrected chi connectivity index (χ0v) is 20.3. The number of anilines is 1. The third kappa shape index (κ3) is 5.60. The predicted molar refractivity (Wildman–Crippen MR) is 135 cm³/mol. The Bertz CT molecular complexity index is 1200. The number of ether oxygens (including phenoxy) is 1. The summed E-state index contributed by atoms with van der Waals surface area (Å²) in [7, 11) is 0. The summed E-state index contributed by atoms with van der Waals surface area (Å²) < 4.78 is 5.32. The molecule has 180 valence electrons. The Morgan fingerprint density at radius 3 is 2.03 bits per heavy atom. The summed E-state index contributed by atoms with van der Waals surface area (Å²) in [5.41, 5.74) is 1.55. The van der Waals surface area contributed by atoms with E-state index in [9.17, 15) is 14.4 Å². The number of carbonyl (C=O) groups is 3. The van der Waals surface area contributed by atoms with Crippen LogP contribution in [0.4, 0.5) is 10.5 Å². The third-order valence-electron chi connectivity index (χ3n) is 6.02. The molecule has 0 aromatic heterocycles. The van der Waals surface area contributed by atoms with Gasteiger partial charge in [-0.3, -0.25) is 19.8 Å². The highest BCUT2D eigenvalue weighted by Crippen LogP contribution is 2.41. The molecule has 1 unspecified atom stereocenters. The van der Waals surface area contributed by atoms with Gasteiger partial charge >= 0.3 is 6.09 Å². The van der Waals surface area contributed by atoms with Gasteiger partial charge in [0.25, 0.3) is 0 Å². The molecule has 6 heteroatoms. The van der Waals surface area contributed by atoms with Gasteiger partial charge < -0.3 is 4.74 Å². The van der Waals surface area contributed by atoms with Gasteiger partial charge in [0.15, 0.2) is 0 Å². The van der Waals surface area contributed by atoms with Crippen LogP contribution in [0, 0.1) is 0 Å². The van der Waals surface area contributed by atoms with Gasteiger partial charge in [0.1, 0.15) is 5.60 Å². The summed E-state index contributed by atoms with van der Waals surface area (Å²) in [5.74, 6) is -0.395. The van der Waals surface area contributed by atoms with Gasteiger partial charge in [-0.15, -0.1) is 0 Å². The summed E-state index contributed by atoms with van der Waals surface area (Å²) in [5, 5.41) is 2.72. The van der Waals surface area contributed by atoms with Crippen molar-refractivity contribution in [3.8, 4) is 0 Å². The van der Waals surface area contributed by atoms with E-state index in [1.165, 1.54) is 4.90 Å². The molecule has 0 aliphatic carbocycles. The van der Waals surface area contributed by atoms with E-state index in [2.05, 4.69) is 5.32 Å². The van der Waals surface area contributed by atoms with E-state index in [0.717, 1.165) is 16.7 Å². The standard InChI is InChI=1S/C29H30N2O4/c1-28(2,3)35-27(34)30-24-16-14-23(15-17-24)29(18-21-10-6-4-7-11-21)19-25(32)31(26(29)33)20-22-12-8-5-9-13-22/h4-17H,18-20H2,1-3H3,(H,30,34). The second-order valence-electron chi connectivity index (χ2n) is 9.90. The van der Waals surface area contributed by atoms with Crippen LogP contribution in [0.1, 0.15) is 43.9 Å². The lowest BCUT2D eigenvalue weighted by Gasteiger charge is -2.28. The zero-order valence-electron chi connectivity index (χ0n) is 20.3. The smallest absolute Gasteiger partial charge is 0.412 e. The van der Waals surface area contributed by atoms with Crippen molar-refractivity contribution < 1.29 is 19.1 Å². The zero-order chi connectivity index (χ0) is 25.1. The number of nitrogens with zero attached hydrogens (tertiary/aromatic N) is 1. The number of benzene rings is 3. The van der Waals surface area contributed by atoms with Crippen LogP contribution in [0.2, 0.25) is 0 Å². The third-order valence-corrected chi connectivity index (χ3v) is 6.02. The van der Waals surface area contributed by atoms with Gasteiger partial charge in [0.05, 0.1) is 12.0 Å². The maximum atomic E-state index is 13.9. The summed E-state index contributed by atoms with van der Waals surface area (Å²) in [4.78, 5) is 40.5. The average molecular weight is 471 g/mol. The highest BCUT2D eigenvalue weighted by atomic mass is 16.6. The molecule has 1 heterocycles. The van der Waals surface area contributed by atoms with E-state index in [4.69, 9.17) is 4.74 Å². The van der Waals surface area contributed by atoms with E-state index in [1.807, 2.05) is 72.8 Å². The Balaban J connectivity index is 1.64. The summed E-state index contributed by atoms with van der Waals surface area (Å²) in [6, 6.07) is 26.4. The molecule has 0 bridgehead atoms. The van der Waals surface area contributed by atoms with Crippen LogP contribution >= 0.6 is 0 Å². The fourth-order valence-corrected chi connectivity index (χ4v) is 4.43. The van der Waals surface area contributed by atoms with E-state index < -0.39 is 17.1 Å². The van der Waals surface area contributed by atoms with E-state index in [0.29, 0.717) is 12.1 Å². The minimum Gasteiger partial charge on any atom is -0.444 e. The van der Waals surface area contributed by atoms with Crippen LogP contribution in [0.15, 0.2) is 84.9 Å². The summed E-state index contributed by atoms with van der Waals surface area (Å²) >= 11 is 0. The molecule has 4 rings (SSSR count). The Hall–Kier alpha value is -3.93. The first-order chi connectivity index (χ1) is 16.7. The second-order valence-corrected chi connectivity index (χ2v) is 9.90. The number of hydrogen-bond donors (Lipinski definition) is 1. The molecule has 0 spiro atoms. The van der Waals surface area contributed by atoms with Crippen LogP contribution in [-0.4, -0.2) is 28.4 Å². The van der Waals surface area contributed by atoms with E-state index in [1.54, 1.807) is 32.9 Å². The Labute approximate surface area is 205 Å². The van der Waals surface area contributed by atoms with Crippen molar-refractivity contribution >= 4 is 23.6 Å². The Morgan fingerprint density at radius 2 is 1.46 bits per heavy atom. The molecular formula is C29H30N2O4. The van der Waals surface area contributed by atoms with Crippen LogP contribution in [0.5, 0.6) is 0 Å². The van der Waals surface area contributed by atoms with Crippen LogP contribution in [-0.2, 0) is 32.7 Å². The number of nitrogens with one attached hydrogen (secondary N) is 1. The molecule has 6 nitrogen and oxygen atoms in total. The highest BCUT2D eigenvalue weighted by Gasteiger charge is 2.52. The molecule has 3 aromatic carbocycles. The largest absolute Gasteiger partial charge is 0.444 e. The molecule has 0 saturated carbocycles. The number of rotatable bonds is 6. The van der Waals surface area contributed by atoms with Gasteiger partial charge in [0.2, 0.25) is 11.8 Å². The maximum Gasteiger partial charge on any atom is 0.412 e. The molecule has 1 fully saturated rings. The molecule has 1 saturated heterocycles. The summed E-state index contributed by atoms with van der Waals surface area (Å²) in [6.07, 6.45) is -0.0556. The first kappa shape index (κ1) is 24.2. The SMILES string of the molecule is CC(C)(C)OC(=O)Nc1ccc(C2(Cc3ccccc3)CC(=O)N(Cc3ccccc3)C2=O)cc1. The molecule has 1 N–H and O–H groups in total. The molecule has 0 radical (unpaired) electrons. The molecule has 1 aliphatic rings. The fourth-order valence-electron chi connectivity index (χ4n) is 4.43. The second kappa shape index (κ2) is 9.74. The maximum absolute atomic E-state index is 13.9. The topological polar surface area (TPSA) is 75.7 Å². The van der Waals surface area contributed by atoms with E-state index in [-0.39, 0.29) is 24.8 Å². The molecule has 1 atom stereocenters. The normalized spacial score (nSPS) is 18.0. The first-order valence-electron chi connectivity index (χ1n) is 11.7. The predicted octanol–water partition coefficient (Wildman–Crippen LogP) is 5.47. The lowest BCUT2D eigenvalue weighted by Crippen LogP contribution is -2.40. The number of imide groups is 1.